The molecule has 1 aliphatic carbocycles. The van der Waals surface area contributed by atoms with Crippen LogP contribution in [-0.4, -0.2) is 28.5 Å². The minimum absolute atomic E-state index is 0.302. The van der Waals surface area contributed by atoms with Crippen molar-refractivity contribution in [3.05, 3.63) is 0 Å². The fourth-order valence-corrected chi connectivity index (χ4v) is 3.27. The molecule has 0 spiro atoms. The fraction of sp³-hybridized carbons (Fsp3) is 0.909. The smallest absolute Gasteiger partial charge is 0.0899 e. The van der Waals surface area contributed by atoms with E-state index < -0.39 is 0 Å². The molecule has 14 heavy (non-hydrogen) atoms. The van der Waals surface area contributed by atoms with Crippen molar-refractivity contribution in [1.82, 2.24) is 4.90 Å². The van der Waals surface area contributed by atoms with Crippen molar-refractivity contribution in [3.8, 4) is 0 Å². The van der Waals surface area contributed by atoms with Gasteiger partial charge in [0.25, 0.3) is 0 Å². The molecule has 80 valence electrons. The van der Waals surface area contributed by atoms with E-state index in [9.17, 15) is 0 Å². The third-order valence-corrected chi connectivity index (χ3v) is 4.29. The number of hydrogen-bond acceptors (Lipinski definition) is 2. The lowest BCUT2D eigenvalue weighted by atomic mass is 9.91. The largest absolute Gasteiger partial charge is 0.392 e. The van der Waals surface area contributed by atoms with Crippen molar-refractivity contribution in [2.24, 2.45) is 11.7 Å². The Hall–Kier alpha value is -0.150. The van der Waals surface area contributed by atoms with E-state index in [1.54, 1.807) is 0 Å². The molecule has 2 rings (SSSR count). The zero-order valence-electron chi connectivity index (χ0n) is 8.91. The van der Waals surface area contributed by atoms with Crippen LogP contribution in [0.25, 0.3) is 0 Å². The zero-order chi connectivity index (χ0) is 10.1. The molecule has 1 saturated heterocycles. The highest BCUT2D eigenvalue weighted by molar-refractivity contribution is 7.80. The number of thiocarbonyl (C=S) groups is 1. The molecule has 3 atom stereocenters. The molecule has 0 aromatic rings. The predicted molar refractivity (Wildman–Crippen MR) is 63.3 cm³/mol. The molecule has 2 fully saturated rings. The van der Waals surface area contributed by atoms with Crippen LogP contribution in [0.15, 0.2) is 0 Å². The van der Waals surface area contributed by atoms with E-state index in [1.165, 1.54) is 38.6 Å². The lowest BCUT2D eigenvalue weighted by Gasteiger charge is -2.41. The fourth-order valence-electron chi connectivity index (χ4n) is 3.14. The summed E-state index contributed by atoms with van der Waals surface area (Å²) in [6, 6.07) is 1.08. The average Bonchev–Trinajstić information content (AvgIpc) is 2.63. The highest BCUT2D eigenvalue weighted by atomic mass is 32.1. The van der Waals surface area contributed by atoms with E-state index >= 15 is 0 Å². The van der Waals surface area contributed by atoms with Gasteiger partial charge in [0.05, 0.1) is 11.0 Å². The Morgan fingerprint density at radius 2 is 2.07 bits per heavy atom. The van der Waals surface area contributed by atoms with Crippen molar-refractivity contribution in [1.29, 1.82) is 0 Å². The molecule has 3 heteroatoms. The van der Waals surface area contributed by atoms with Gasteiger partial charge < -0.3 is 5.73 Å². The Morgan fingerprint density at radius 3 is 2.79 bits per heavy atom. The molecular weight excluding hydrogens is 192 g/mol. The summed E-state index contributed by atoms with van der Waals surface area (Å²) in [4.78, 5) is 3.21. The van der Waals surface area contributed by atoms with Crippen LogP contribution in [-0.2, 0) is 0 Å². The predicted octanol–water partition coefficient (Wildman–Crippen LogP) is 1.93. The van der Waals surface area contributed by atoms with E-state index in [0.717, 1.165) is 12.0 Å². The maximum Gasteiger partial charge on any atom is 0.0899 e. The van der Waals surface area contributed by atoms with Gasteiger partial charge in [-0.05, 0) is 45.1 Å². The van der Waals surface area contributed by atoms with Gasteiger partial charge in [-0.1, -0.05) is 18.6 Å². The van der Waals surface area contributed by atoms with Crippen molar-refractivity contribution < 1.29 is 0 Å². The highest BCUT2D eigenvalue weighted by Gasteiger charge is 2.37. The normalized spacial score (nSPS) is 35.2. The summed E-state index contributed by atoms with van der Waals surface area (Å²) in [5, 5.41) is 0. The minimum atomic E-state index is 0.302. The SMILES string of the molecule is CC(C(N)=S)N1CCCC2CCCC21. The summed E-state index contributed by atoms with van der Waals surface area (Å²) in [7, 11) is 0. The Morgan fingerprint density at radius 1 is 1.36 bits per heavy atom. The van der Waals surface area contributed by atoms with Crippen LogP contribution in [0.4, 0.5) is 0 Å². The van der Waals surface area contributed by atoms with Gasteiger partial charge >= 0.3 is 0 Å². The summed E-state index contributed by atoms with van der Waals surface area (Å²) in [5.41, 5.74) is 5.74. The molecular formula is C11H20N2S. The van der Waals surface area contributed by atoms with Crippen LogP contribution in [0.5, 0.6) is 0 Å². The maximum atomic E-state index is 5.74. The van der Waals surface area contributed by atoms with Crippen molar-refractivity contribution in [2.45, 2.75) is 51.1 Å². The molecule has 3 unspecified atom stereocenters. The van der Waals surface area contributed by atoms with E-state index in [2.05, 4.69) is 11.8 Å². The van der Waals surface area contributed by atoms with Crippen LogP contribution in [0, 0.1) is 5.92 Å². The first kappa shape index (κ1) is 10.4. The van der Waals surface area contributed by atoms with Crippen molar-refractivity contribution in [2.75, 3.05) is 6.54 Å². The van der Waals surface area contributed by atoms with Crippen molar-refractivity contribution >= 4 is 17.2 Å². The molecule has 0 bridgehead atoms. The number of fused-ring (bicyclic) bond motifs is 1. The average molecular weight is 212 g/mol. The Kier molecular flexibility index (Phi) is 3.07. The summed E-state index contributed by atoms with van der Waals surface area (Å²) < 4.78 is 0. The summed E-state index contributed by atoms with van der Waals surface area (Å²) in [6.45, 7) is 3.35. The van der Waals surface area contributed by atoms with Gasteiger partial charge in [-0.2, -0.15) is 0 Å². The summed E-state index contributed by atoms with van der Waals surface area (Å²) in [5.74, 6) is 0.931. The van der Waals surface area contributed by atoms with Crippen LogP contribution >= 0.6 is 12.2 Å². The molecule has 0 radical (unpaired) electrons. The highest BCUT2D eigenvalue weighted by Crippen LogP contribution is 2.37. The molecule has 2 N–H and O–H groups in total. The minimum Gasteiger partial charge on any atom is -0.392 e. The molecule has 1 saturated carbocycles. The quantitative estimate of drug-likeness (QED) is 0.709. The number of hydrogen-bond donors (Lipinski definition) is 1. The molecule has 2 aliphatic rings. The number of rotatable bonds is 2. The number of likely N-dealkylation sites (tertiary alicyclic amines) is 1. The molecule has 2 nitrogen and oxygen atoms in total. The monoisotopic (exact) mass is 212 g/mol. The summed E-state index contributed by atoms with van der Waals surface area (Å²) in [6.07, 6.45) is 6.93. The van der Waals surface area contributed by atoms with Gasteiger partial charge in [-0.25, -0.2) is 0 Å². The standard InChI is InChI=1S/C11H20N2S/c1-8(11(12)14)13-7-3-5-9-4-2-6-10(9)13/h8-10H,2-7H2,1H3,(H2,12,14). The Bertz CT molecular complexity index is 229. The van der Waals surface area contributed by atoms with Gasteiger partial charge in [0.1, 0.15) is 0 Å². The molecule has 0 aromatic heterocycles. The first-order chi connectivity index (χ1) is 6.70. The van der Waals surface area contributed by atoms with Gasteiger partial charge in [-0.15, -0.1) is 0 Å². The topological polar surface area (TPSA) is 29.3 Å². The number of piperidine rings is 1. The van der Waals surface area contributed by atoms with E-state index in [4.69, 9.17) is 18.0 Å². The second-order valence-electron chi connectivity index (χ2n) is 4.72. The third kappa shape index (κ3) is 1.80. The lowest BCUT2D eigenvalue weighted by molar-refractivity contribution is 0.100. The Labute approximate surface area is 91.8 Å². The molecule has 0 aromatic carbocycles. The van der Waals surface area contributed by atoms with E-state index in [-0.39, 0.29) is 0 Å². The van der Waals surface area contributed by atoms with E-state index in [1.807, 2.05) is 0 Å². The zero-order valence-corrected chi connectivity index (χ0v) is 9.72. The third-order valence-electron chi connectivity index (χ3n) is 3.95. The van der Waals surface area contributed by atoms with Gasteiger partial charge in [-0.3, -0.25) is 4.90 Å². The lowest BCUT2D eigenvalue weighted by Crippen LogP contribution is -2.51. The second kappa shape index (κ2) is 4.15. The summed E-state index contributed by atoms with van der Waals surface area (Å²) >= 11 is 5.10. The molecule has 1 aliphatic heterocycles. The van der Waals surface area contributed by atoms with Crippen LogP contribution in [0.1, 0.15) is 39.0 Å². The Balaban J connectivity index is 2.06. The van der Waals surface area contributed by atoms with E-state index in [0.29, 0.717) is 11.0 Å². The van der Waals surface area contributed by atoms with Crippen LogP contribution in [0.3, 0.4) is 0 Å². The first-order valence-electron chi connectivity index (χ1n) is 5.75. The van der Waals surface area contributed by atoms with Crippen molar-refractivity contribution in [3.63, 3.8) is 0 Å². The van der Waals surface area contributed by atoms with Gasteiger partial charge in [0, 0.05) is 6.04 Å². The van der Waals surface area contributed by atoms with Crippen LogP contribution < -0.4 is 5.73 Å². The van der Waals surface area contributed by atoms with Gasteiger partial charge in [0.15, 0.2) is 0 Å². The van der Waals surface area contributed by atoms with Crippen LogP contribution in [0.2, 0.25) is 0 Å². The second-order valence-corrected chi connectivity index (χ2v) is 5.19. The molecule has 1 heterocycles. The first-order valence-corrected chi connectivity index (χ1v) is 6.16. The number of nitrogens with zero attached hydrogens (tertiary/aromatic N) is 1. The van der Waals surface area contributed by atoms with Gasteiger partial charge in [0.2, 0.25) is 0 Å². The number of nitrogens with two attached hydrogens (primary N) is 1. The maximum absolute atomic E-state index is 5.74. The molecule has 0 amide bonds.